The number of aliphatic hydroxyl groups is 1. The van der Waals surface area contributed by atoms with Crippen LogP contribution in [0.1, 0.15) is 46.5 Å². The molecule has 12 heteroatoms. The maximum absolute atomic E-state index is 10.6. The highest BCUT2D eigenvalue weighted by atomic mass is 35.5. The van der Waals surface area contributed by atoms with Gasteiger partial charge in [0, 0.05) is 37.5 Å². The molecular weight excluding hydrogens is 488 g/mol. The van der Waals surface area contributed by atoms with E-state index < -0.39 is 9.85 Å². The van der Waals surface area contributed by atoms with E-state index in [2.05, 4.69) is 34.0 Å². The summed E-state index contributed by atoms with van der Waals surface area (Å²) in [5, 5.41) is 31.9. The van der Waals surface area contributed by atoms with Gasteiger partial charge in [-0.2, -0.15) is 0 Å². The molecule has 0 aliphatic carbocycles. The Morgan fingerprint density at radius 2 is 1.64 bits per heavy atom. The molecule has 0 bridgehead atoms. The average Bonchev–Trinajstić information content (AvgIpc) is 2.86. The number of aromatic nitrogens is 2. The van der Waals surface area contributed by atoms with Crippen LogP contribution in [0.25, 0.3) is 0 Å². The molecule has 0 amide bonds. The smallest absolute Gasteiger partial charge is 0.365 e. The lowest BCUT2D eigenvalue weighted by Gasteiger charge is -2.32. The van der Waals surface area contributed by atoms with Crippen LogP contribution >= 0.6 is 11.6 Å². The van der Waals surface area contributed by atoms with E-state index in [4.69, 9.17) is 16.7 Å². The number of nitro groups is 2. The van der Waals surface area contributed by atoms with Gasteiger partial charge in [-0.15, -0.1) is 0 Å². The standard InChI is InChI=1S/C11H15N3O2.C6H13N.C5H3ClN2O2.C2H6O/c1-9-3-2-6-13(8-9)10-4-5-12-11(7-10)14(15)16;1-6-3-2-4-7-5-6;6-4-1-2-7-5(3-4)8(9)10;1-2-3/h4-5,7,9H,2-3,6,8H2,1H3;6-7H,2-5H2,1H3;1-3H;3H,2H2,1H3/t9-;6-;;/m11../s1. The van der Waals surface area contributed by atoms with Crippen molar-refractivity contribution in [1.82, 2.24) is 15.3 Å². The molecule has 2 saturated heterocycles. The molecule has 4 rings (SSSR count). The topological polar surface area (TPSA) is 148 Å². The molecule has 0 spiro atoms. The highest BCUT2D eigenvalue weighted by Crippen LogP contribution is 2.24. The van der Waals surface area contributed by atoms with Gasteiger partial charge >= 0.3 is 11.6 Å². The molecule has 2 aliphatic rings. The first kappa shape index (κ1) is 31.1. The summed E-state index contributed by atoms with van der Waals surface area (Å²) in [7, 11) is 0. The number of nitrogens with zero attached hydrogens (tertiary/aromatic N) is 5. The Kier molecular flexibility index (Phi) is 15.2. The van der Waals surface area contributed by atoms with E-state index in [1.165, 1.54) is 56.9 Å². The zero-order chi connectivity index (χ0) is 26.9. The fraction of sp³-hybridized carbons (Fsp3) is 0.583. The highest BCUT2D eigenvalue weighted by molar-refractivity contribution is 6.30. The second kappa shape index (κ2) is 17.5. The summed E-state index contributed by atoms with van der Waals surface area (Å²) in [6, 6.07) is 6.07. The van der Waals surface area contributed by atoms with Crippen LogP contribution in [0.2, 0.25) is 5.02 Å². The zero-order valence-corrected chi connectivity index (χ0v) is 21.9. The van der Waals surface area contributed by atoms with Crippen molar-refractivity contribution >= 4 is 28.9 Å². The summed E-state index contributed by atoms with van der Waals surface area (Å²) < 4.78 is 0. The third-order valence-electron chi connectivity index (χ3n) is 5.38. The number of anilines is 1. The molecular formula is C24H37ClN6O5. The quantitative estimate of drug-likeness (QED) is 0.423. The fourth-order valence-electron chi connectivity index (χ4n) is 3.65. The molecule has 200 valence electrons. The van der Waals surface area contributed by atoms with Crippen molar-refractivity contribution in [2.75, 3.05) is 37.7 Å². The van der Waals surface area contributed by atoms with E-state index in [1.807, 2.05) is 6.07 Å². The molecule has 2 fully saturated rings. The predicted octanol–water partition coefficient (Wildman–Crippen LogP) is 4.87. The first-order chi connectivity index (χ1) is 17.2. The third kappa shape index (κ3) is 12.7. The lowest BCUT2D eigenvalue weighted by atomic mass is 10.00. The van der Waals surface area contributed by atoms with Crippen LogP contribution < -0.4 is 10.2 Å². The normalized spacial score (nSPS) is 18.8. The number of pyridine rings is 2. The molecule has 0 saturated carbocycles. The van der Waals surface area contributed by atoms with Crippen LogP contribution in [0.15, 0.2) is 36.7 Å². The second-order valence-electron chi connectivity index (χ2n) is 8.68. The van der Waals surface area contributed by atoms with Gasteiger partial charge < -0.3 is 35.6 Å². The summed E-state index contributed by atoms with van der Waals surface area (Å²) in [5.74, 6) is 1.28. The van der Waals surface area contributed by atoms with Gasteiger partial charge in [0.1, 0.15) is 12.4 Å². The maximum Gasteiger partial charge on any atom is 0.365 e. The van der Waals surface area contributed by atoms with Gasteiger partial charge in [0.25, 0.3) is 0 Å². The number of rotatable bonds is 3. The minimum absolute atomic E-state index is 0.0734. The van der Waals surface area contributed by atoms with Crippen molar-refractivity contribution in [2.24, 2.45) is 11.8 Å². The molecule has 0 aromatic carbocycles. The molecule has 2 N–H and O–H groups in total. The lowest BCUT2D eigenvalue weighted by Crippen LogP contribution is -2.34. The Morgan fingerprint density at radius 1 is 1.06 bits per heavy atom. The van der Waals surface area contributed by atoms with Gasteiger partial charge in [0.2, 0.25) is 0 Å². The van der Waals surface area contributed by atoms with Crippen molar-refractivity contribution in [3.8, 4) is 0 Å². The third-order valence-corrected chi connectivity index (χ3v) is 5.61. The van der Waals surface area contributed by atoms with Crippen LogP contribution in [-0.2, 0) is 0 Å². The van der Waals surface area contributed by atoms with Crippen molar-refractivity contribution < 1.29 is 15.0 Å². The Hall–Kier alpha value is -2.89. The van der Waals surface area contributed by atoms with Crippen LogP contribution in [-0.4, -0.2) is 57.7 Å². The Labute approximate surface area is 217 Å². The molecule has 4 heterocycles. The number of hydrogen-bond donors (Lipinski definition) is 2. The number of halogens is 1. The Morgan fingerprint density at radius 3 is 2.08 bits per heavy atom. The lowest BCUT2D eigenvalue weighted by molar-refractivity contribution is -0.389. The van der Waals surface area contributed by atoms with Gasteiger partial charge in [0.15, 0.2) is 0 Å². The second-order valence-corrected chi connectivity index (χ2v) is 9.12. The van der Waals surface area contributed by atoms with Crippen molar-refractivity contribution in [3.05, 3.63) is 61.9 Å². The molecule has 36 heavy (non-hydrogen) atoms. The van der Waals surface area contributed by atoms with Crippen LogP contribution in [0.5, 0.6) is 0 Å². The number of nitrogens with one attached hydrogen (secondary N) is 1. The molecule has 2 aliphatic heterocycles. The van der Waals surface area contributed by atoms with Gasteiger partial charge in [-0.05, 0) is 77.3 Å². The van der Waals surface area contributed by atoms with E-state index in [1.54, 1.807) is 13.0 Å². The first-order valence-corrected chi connectivity index (χ1v) is 12.5. The SMILES string of the molecule is CCO.C[C@@H]1CCCN(c2ccnc([N+](=O)[O-])c2)C1.C[C@@H]1CCCNC1.O=[N+]([O-])c1cc(Cl)ccn1. The summed E-state index contributed by atoms with van der Waals surface area (Å²) in [6.45, 7) is 10.9. The van der Waals surface area contributed by atoms with Crippen molar-refractivity contribution in [1.29, 1.82) is 0 Å². The first-order valence-electron chi connectivity index (χ1n) is 12.1. The molecule has 0 unspecified atom stereocenters. The summed E-state index contributed by atoms with van der Waals surface area (Å²) >= 11 is 5.44. The summed E-state index contributed by atoms with van der Waals surface area (Å²) in [5.41, 5.74) is 0.910. The zero-order valence-electron chi connectivity index (χ0n) is 21.2. The molecule has 2 atom stereocenters. The van der Waals surface area contributed by atoms with Crippen molar-refractivity contribution in [2.45, 2.75) is 46.5 Å². The van der Waals surface area contributed by atoms with Gasteiger partial charge in [0.05, 0.1) is 17.2 Å². The highest BCUT2D eigenvalue weighted by Gasteiger charge is 2.18. The molecule has 2 aromatic heterocycles. The number of hydrogen-bond acceptors (Lipinski definition) is 9. The minimum atomic E-state index is -0.591. The maximum atomic E-state index is 10.6. The monoisotopic (exact) mass is 524 g/mol. The Bertz CT molecular complexity index is 929. The van der Waals surface area contributed by atoms with Crippen LogP contribution in [0.4, 0.5) is 17.3 Å². The van der Waals surface area contributed by atoms with E-state index >= 15 is 0 Å². The summed E-state index contributed by atoms with van der Waals surface area (Å²) in [6.07, 6.45) is 7.99. The molecule has 11 nitrogen and oxygen atoms in total. The fourth-order valence-corrected chi connectivity index (χ4v) is 3.80. The van der Waals surface area contributed by atoms with Gasteiger partial charge in [-0.1, -0.05) is 25.4 Å². The number of aliphatic hydroxyl groups excluding tert-OH is 1. The number of piperidine rings is 2. The van der Waals surface area contributed by atoms with E-state index in [0.717, 1.165) is 31.1 Å². The van der Waals surface area contributed by atoms with Gasteiger partial charge in [-0.3, -0.25) is 0 Å². The molecule has 2 aromatic rings. The van der Waals surface area contributed by atoms with Gasteiger partial charge in [-0.25, -0.2) is 0 Å². The average molecular weight is 525 g/mol. The Balaban J connectivity index is 0.000000277. The van der Waals surface area contributed by atoms with E-state index in [9.17, 15) is 20.2 Å². The molecule has 0 radical (unpaired) electrons. The minimum Gasteiger partial charge on any atom is -0.397 e. The van der Waals surface area contributed by atoms with Crippen LogP contribution in [0.3, 0.4) is 0 Å². The van der Waals surface area contributed by atoms with E-state index in [0.29, 0.717) is 10.9 Å². The predicted molar refractivity (Wildman–Crippen MR) is 141 cm³/mol. The largest absolute Gasteiger partial charge is 0.397 e. The van der Waals surface area contributed by atoms with Crippen LogP contribution in [0, 0.1) is 32.1 Å². The summed E-state index contributed by atoms with van der Waals surface area (Å²) in [4.78, 5) is 29.0. The van der Waals surface area contributed by atoms with E-state index in [-0.39, 0.29) is 18.2 Å². The van der Waals surface area contributed by atoms with Crippen molar-refractivity contribution in [3.63, 3.8) is 0 Å².